The third-order valence-electron chi connectivity index (χ3n) is 10.2. The van der Waals surface area contributed by atoms with Crippen molar-refractivity contribution in [3.8, 4) is 45.9 Å². The first-order chi connectivity index (χ1) is 29.4. The zero-order valence-electron chi connectivity index (χ0n) is 35.5. The maximum absolute atomic E-state index is 13.7. The van der Waals surface area contributed by atoms with Crippen LogP contribution in [0.3, 0.4) is 0 Å². The van der Waals surface area contributed by atoms with Gasteiger partial charge in [0.05, 0.1) is 21.2 Å². The van der Waals surface area contributed by atoms with Crippen molar-refractivity contribution >= 4 is 31.4 Å². The Labute approximate surface area is 366 Å². The highest BCUT2D eigenvalue weighted by Crippen LogP contribution is 2.31. The van der Waals surface area contributed by atoms with Crippen LogP contribution in [0.2, 0.25) is 0 Å². The van der Waals surface area contributed by atoms with Crippen LogP contribution >= 0.6 is 0 Å². The Morgan fingerprint density at radius 3 is 1.11 bits per heavy atom. The quantitative estimate of drug-likeness (QED) is 0.148. The average molecular weight is 854 g/mol. The summed E-state index contributed by atoms with van der Waals surface area (Å²) in [5.41, 5.74) is 7.84. The summed E-state index contributed by atoms with van der Waals surface area (Å²) in [5, 5.41) is 0. The maximum atomic E-state index is 13.7. The lowest BCUT2D eigenvalue weighted by Crippen LogP contribution is -2.15. The minimum atomic E-state index is -3.96. The van der Waals surface area contributed by atoms with Crippen LogP contribution in [0.1, 0.15) is 75.2 Å². The second-order valence-electron chi connectivity index (χ2n) is 16.9. The highest BCUT2D eigenvalue weighted by molar-refractivity contribution is 7.93. The number of rotatable bonds is 8. The molecule has 0 amide bonds. The van der Waals surface area contributed by atoms with Crippen LogP contribution in [-0.2, 0) is 30.9 Å². The monoisotopic (exact) mass is 853 g/mol. The number of hydrogen-bond acceptors (Lipinski definition) is 5. The zero-order valence-corrected chi connectivity index (χ0v) is 37.1. The number of pyridine rings is 1. The van der Waals surface area contributed by atoms with Crippen molar-refractivity contribution in [2.45, 2.75) is 62.2 Å². The van der Waals surface area contributed by atoms with E-state index in [2.05, 4.69) is 74.7 Å². The standard InChI is InChI=1S/C53H47N3O4S2/c1-52(2,3)44-26-34-50(55-61(57,58)48-30-22-40(23-31-48)38-14-9-7-10-15-38)42(36-44)20-28-46-18-13-19-47(54-46)29-21-43-37-45(53(4,5)6)27-35-51(43)56-62(59,60)49-32-24-41(25-33-49)39-16-11-8-12-17-39/h7-19,22-27,30-37,55-56H,1-6H3. The van der Waals surface area contributed by atoms with E-state index in [0.717, 1.165) is 33.4 Å². The molecule has 62 heavy (non-hydrogen) atoms. The smallest absolute Gasteiger partial charge is 0.261 e. The van der Waals surface area contributed by atoms with E-state index in [-0.39, 0.29) is 20.6 Å². The summed E-state index contributed by atoms with van der Waals surface area (Å²) in [5.74, 6) is 12.6. The number of sulfonamides is 2. The molecule has 1 heterocycles. The normalized spacial score (nSPS) is 11.7. The lowest BCUT2D eigenvalue weighted by atomic mass is 9.86. The predicted octanol–water partition coefficient (Wildman–Crippen LogP) is 11.4. The fourth-order valence-electron chi connectivity index (χ4n) is 6.56. The fourth-order valence-corrected chi connectivity index (χ4v) is 8.72. The van der Waals surface area contributed by atoms with Gasteiger partial charge in [0, 0.05) is 11.1 Å². The summed E-state index contributed by atoms with van der Waals surface area (Å²) in [6, 6.07) is 49.5. The summed E-state index contributed by atoms with van der Waals surface area (Å²) in [6.45, 7) is 12.5. The van der Waals surface area contributed by atoms with Crippen molar-refractivity contribution in [1.29, 1.82) is 0 Å². The minimum Gasteiger partial charge on any atom is -0.278 e. The Morgan fingerprint density at radius 2 is 0.758 bits per heavy atom. The summed E-state index contributed by atoms with van der Waals surface area (Å²) in [7, 11) is -7.91. The number of nitrogens with one attached hydrogen (secondary N) is 2. The molecule has 0 aliphatic carbocycles. The summed E-state index contributed by atoms with van der Waals surface area (Å²) >= 11 is 0. The van der Waals surface area contributed by atoms with E-state index in [4.69, 9.17) is 4.98 Å². The first-order valence-electron chi connectivity index (χ1n) is 20.1. The molecule has 9 heteroatoms. The van der Waals surface area contributed by atoms with Gasteiger partial charge in [-0.1, -0.05) is 157 Å². The summed E-state index contributed by atoms with van der Waals surface area (Å²) < 4.78 is 60.2. The summed E-state index contributed by atoms with van der Waals surface area (Å²) in [6.07, 6.45) is 0. The molecule has 0 radical (unpaired) electrons. The van der Waals surface area contributed by atoms with Gasteiger partial charge in [0.2, 0.25) is 0 Å². The van der Waals surface area contributed by atoms with Crippen molar-refractivity contribution < 1.29 is 16.8 Å². The molecule has 310 valence electrons. The van der Waals surface area contributed by atoms with Crippen LogP contribution in [0.25, 0.3) is 22.3 Å². The first kappa shape index (κ1) is 43.2. The van der Waals surface area contributed by atoms with Gasteiger partial charge >= 0.3 is 0 Å². The third kappa shape index (κ3) is 10.5. The topological polar surface area (TPSA) is 105 Å². The van der Waals surface area contributed by atoms with Gasteiger partial charge in [-0.3, -0.25) is 9.44 Å². The Morgan fingerprint density at radius 1 is 0.403 bits per heavy atom. The first-order valence-corrected chi connectivity index (χ1v) is 23.1. The second kappa shape index (κ2) is 17.6. The van der Waals surface area contributed by atoms with E-state index in [1.165, 1.54) is 0 Å². The Balaban J connectivity index is 1.17. The van der Waals surface area contributed by atoms with Crippen LogP contribution in [0.4, 0.5) is 11.4 Å². The van der Waals surface area contributed by atoms with Crippen molar-refractivity contribution in [3.63, 3.8) is 0 Å². The molecule has 0 spiro atoms. The molecule has 0 unspecified atom stereocenters. The van der Waals surface area contributed by atoms with Gasteiger partial charge in [-0.05, 0) is 117 Å². The number of anilines is 2. The van der Waals surface area contributed by atoms with Crippen LogP contribution in [0.15, 0.2) is 174 Å². The largest absolute Gasteiger partial charge is 0.278 e. The molecule has 0 atom stereocenters. The predicted molar refractivity (Wildman–Crippen MR) is 252 cm³/mol. The van der Waals surface area contributed by atoms with E-state index in [9.17, 15) is 16.8 Å². The van der Waals surface area contributed by atoms with Gasteiger partial charge in [-0.15, -0.1) is 0 Å². The molecule has 0 fully saturated rings. The van der Waals surface area contributed by atoms with Crippen LogP contribution in [-0.4, -0.2) is 21.8 Å². The molecule has 7 nitrogen and oxygen atoms in total. The molecule has 0 aliphatic rings. The number of nitrogens with zero attached hydrogens (tertiary/aromatic N) is 1. The van der Waals surface area contributed by atoms with Crippen molar-refractivity contribution in [2.24, 2.45) is 0 Å². The molecule has 1 aromatic heterocycles. The van der Waals surface area contributed by atoms with Gasteiger partial charge < -0.3 is 0 Å². The second-order valence-corrected chi connectivity index (χ2v) is 20.3. The summed E-state index contributed by atoms with van der Waals surface area (Å²) in [4.78, 5) is 4.95. The molecular weight excluding hydrogens is 807 g/mol. The lowest BCUT2D eigenvalue weighted by Gasteiger charge is -2.20. The molecule has 0 bridgehead atoms. The Kier molecular flexibility index (Phi) is 12.3. The van der Waals surface area contributed by atoms with Gasteiger partial charge in [0.1, 0.15) is 11.4 Å². The zero-order chi connectivity index (χ0) is 44.1. The Bertz CT molecular complexity index is 2880. The van der Waals surface area contributed by atoms with Crippen molar-refractivity contribution in [2.75, 3.05) is 9.44 Å². The van der Waals surface area contributed by atoms with E-state index >= 15 is 0 Å². The lowest BCUT2D eigenvalue weighted by molar-refractivity contribution is 0.590. The van der Waals surface area contributed by atoms with Gasteiger partial charge in [-0.25, -0.2) is 21.8 Å². The third-order valence-corrected chi connectivity index (χ3v) is 13.0. The average Bonchev–Trinajstić information content (AvgIpc) is 3.25. The van der Waals surface area contributed by atoms with Crippen LogP contribution in [0, 0.1) is 23.7 Å². The fraction of sp³-hybridized carbons (Fsp3) is 0.151. The molecule has 0 aliphatic heterocycles. The van der Waals surface area contributed by atoms with E-state index in [1.807, 2.05) is 84.9 Å². The van der Waals surface area contributed by atoms with E-state index in [1.54, 1.807) is 78.9 Å². The molecule has 7 rings (SSSR count). The van der Waals surface area contributed by atoms with E-state index in [0.29, 0.717) is 33.9 Å². The van der Waals surface area contributed by atoms with Gasteiger partial charge in [0.15, 0.2) is 0 Å². The van der Waals surface area contributed by atoms with Crippen LogP contribution in [0.5, 0.6) is 0 Å². The highest BCUT2D eigenvalue weighted by Gasteiger charge is 2.21. The minimum absolute atomic E-state index is 0.130. The number of benzene rings is 6. The number of aromatic nitrogens is 1. The highest BCUT2D eigenvalue weighted by atomic mass is 32.2. The Hall–Kier alpha value is -6.91. The molecule has 0 saturated heterocycles. The van der Waals surface area contributed by atoms with Crippen LogP contribution < -0.4 is 9.44 Å². The van der Waals surface area contributed by atoms with Gasteiger partial charge in [0.25, 0.3) is 20.0 Å². The van der Waals surface area contributed by atoms with E-state index < -0.39 is 20.0 Å². The van der Waals surface area contributed by atoms with Crippen molar-refractivity contribution in [3.05, 3.63) is 197 Å². The maximum Gasteiger partial charge on any atom is 0.261 e. The molecule has 6 aromatic carbocycles. The molecular formula is C53H47N3O4S2. The SMILES string of the molecule is CC(C)(C)c1ccc(NS(=O)(=O)c2ccc(-c3ccccc3)cc2)c(C#Cc2cccc(C#Cc3cc(C(C)(C)C)ccc3NS(=O)(=O)c3ccc(-c4ccccc4)cc3)n2)c1. The van der Waals surface area contributed by atoms with Gasteiger partial charge in [-0.2, -0.15) is 0 Å². The number of hydrogen-bond donors (Lipinski definition) is 2. The molecule has 2 N–H and O–H groups in total. The van der Waals surface area contributed by atoms with Crippen molar-refractivity contribution in [1.82, 2.24) is 4.98 Å². The molecule has 0 saturated carbocycles. The molecule has 7 aromatic rings.